The number of carbonyl (C=O) groups is 1. The van der Waals surface area contributed by atoms with Crippen molar-refractivity contribution in [2.75, 3.05) is 20.3 Å². The number of H-pyrrole nitrogens is 1. The van der Waals surface area contributed by atoms with E-state index in [1.165, 1.54) is 7.11 Å². The highest BCUT2D eigenvalue weighted by molar-refractivity contribution is 9.10. The van der Waals surface area contributed by atoms with Crippen LogP contribution in [0.1, 0.15) is 39.6 Å². The van der Waals surface area contributed by atoms with Crippen LogP contribution in [-0.4, -0.2) is 56.6 Å². The summed E-state index contributed by atoms with van der Waals surface area (Å²) < 4.78 is 5.70. The van der Waals surface area contributed by atoms with Crippen LogP contribution in [0, 0.1) is 6.92 Å². The Hall–Kier alpha value is -2.75. The number of aromatic hydroxyl groups is 2. The Morgan fingerprint density at radius 2 is 2.03 bits per heavy atom. The molecule has 168 valence electrons. The van der Waals surface area contributed by atoms with Crippen LogP contribution in [0.15, 0.2) is 28.7 Å². The van der Waals surface area contributed by atoms with E-state index in [0.29, 0.717) is 56.1 Å². The number of phenols is 2. The van der Waals surface area contributed by atoms with Crippen molar-refractivity contribution >= 4 is 33.4 Å². The number of nitrogens with zero attached hydrogens (tertiary/aromatic N) is 2. The first-order chi connectivity index (χ1) is 15.3. The second-order valence-corrected chi connectivity index (χ2v) is 8.77. The van der Waals surface area contributed by atoms with Gasteiger partial charge in [-0.2, -0.15) is 5.10 Å². The molecule has 1 amide bonds. The maximum absolute atomic E-state index is 13.2. The van der Waals surface area contributed by atoms with Gasteiger partial charge in [0, 0.05) is 29.3 Å². The van der Waals surface area contributed by atoms with Gasteiger partial charge < -0.3 is 25.0 Å². The van der Waals surface area contributed by atoms with Crippen LogP contribution in [0.2, 0.25) is 5.02 Å². The maximum Gasteiger partial charge on any atom is 0.273 e. The van der Waals surface area contributed by atoms with Gasteiger partial charge in [-0.25, -0.2) is 0 Å². The van der Waals surface area contributed by atoms with E-state index in [4.69, 9.17) is 16.3 Å². The quantitative estimate of drug-likeness (QED) is 0.386. The molecule has 1 aliphatic heterocycles. The molecule has 0 fully saturated rings. The largest absolute Gasteiger partial charge is 0.507 e. The number of ether oxygens (including phenoxy) is 1. The van der Waals surface area contributed by atoms with E-state index in [-0.39, 0.29) is 29.8 Å². The molecular formula is C22H21BrClN3O5. The predicted molar refractivity (Wildman–Crippen MR) is 122 cm³/mol. The van der Waals surface area contributed by atoms with Gasteiger partial charge in [-0.1, -0.05) is 11.6 Å². The molecule has 0 spiro atoms. The number of benzene rings is 2. The van der Waals surface area contributed by atoms with Crippen molar-refractivity contribution in [1.82, 2.24) is 15.1 Å². The molecule has 3 aromatic rings. The first-order valence-corrected chi connectivity index (χ1v) is 11.0. The van der Waals surface area contributed by atoms with Gasteiger partial charge in [0.15, 0.2) is 11.5 Å². The normalized spacial score (nSPS) is 15.3. The maximum atomic E-state index is 13.2. The molecule has 0 aliphatic carbocycles. The Labute approximate surface area is 197 Å². The minimum atomic E-state index is -0.594. The molecule has 0 saturated carbocycles. The lowest BCUT2D eigenvalue weighted by Crippen LogP contribution is -2.31. The number of hydrogen-bond acceptors (Lipinski definition) is 6. The molecule has 8 nitrogen and oxygen atoms in total. The molecular weight excluding hydrogens is 502 g/mol. The number of rotatable bonds is 6. The van der Waals surface area contributed by atoms with Crippen LogP contribution >= 0.6 is 27.5 Å². The van der Waals surface area contributed by atoms with Gasteiger partial charge in [0.05, 0.1) is 17.6 Å². The molecule has 0 bridgehead atoms. The summed E-state index contributed by atoms with van der Waals surface area (Å²) in [7, 11) is 1.44. The van der Waals surface area contributed by atoms with Crippen molar-refractivity contribution in [2.45, 2.75) is 19.4 Å². The number of methoxy groups -OCH3 is 1. The molecule has 4 rings (SSSR count). The monoisotopic (exact) mass is 521 g/mol. The van der Waals surface area contributed by atoms with Gasteiger partial charge in [-0.15, -0.1) is 0 Å². The first-order valence-electron chi connectivity index (χ1n) is 9.84. The minimum absolute atomic E-state index is 0.00863. The highest BCUT2D eigenvalue weighted by Crippen LogP contribution is 2.47. The Morgan fingerprint density at radius 1 is 1.28 bits per heavy atom. The Morgan fingerprint density at radius 3 is 2.72 bits per heavy atom. The Balaban J connectivity index is 1.94. The van der Waals surface area contributed by atoms with Crippen molar-refractivity contribution in [3.8, 4) is 28.5 Å². The lowest BCUT2D eigenvalue weighted by Gasteiger charge is -2.27. The molecule has 0 unspecified atom stereocenters. The third-order valence-corrected chi connectivity index (χ3v) is 6.55. The van der Waals surface area contributed by atoms with Crippen LogP contribution in [0.5, 0.6) is 17.2 Å². The molecule has 0 radical (unpaired) electrons. The molecule has 4 N–H and O–H groups in total. The van der Waals surface area contributed by atoms with Gasteiger partial charge in [-0.05, 0) is 64.7 Å². The summed E-state index contributed by atoms with van der Waals surface area (Å²) in [5.41, 5.74) is 3.03. The second kappa shape index (κ2) is 8.65. The number of aromatic nitrogens is 2. The standard InChI is InChI=1S/C22H21BrClN3O5/c1-10-6-15(29)12(9-14(10)24)18-17-19(26-25-18)22(31)27(4-3-5-28)20(17)11-7-13(23)21(30)16(8-11)32-2/h6-9,20,28-30H,3-5H2,1-2H3,(H,25,26)/t20-/m0/s1. The molecule has 1 aliphatic rings. The molecule has 0 saturated heterocycles. The van der Waals surface area contributed by atoms with Crippen LogP contribution < -0.4 is 4.74 Å². The second-order valence-electron chi connectivity index (χ2n) is 7.51. The van der Waals surface area contributed by atoms with Crippen molar-refractivity contribution in [3.05, 3.63) is 56.1 Å². The molecule has 2 aromatic carbocycles. The fourth-order valence-corrected chi connectivity index (χ4v) is 4.61. The molecule has 2 heterocycles. The summed E-state index contributed by atoms with van der Waals surface area (Å²) in [6.07, 6.45) is 0.382. The van der Waals surface area contributed by atoms with Crippen molar-refractivity contribution < 1.29 is 24.9 Å². The number of hydrogen-bond donors (Lipinski definition) is 4. The minimum Gasteiger partial charge on any atom is -0.507 e. The van der Waals surface area contributed by atoms with Crippen LogP contribution in [-0.2, 0) is 0 Å². The van der Waals surface area contributed by atoms with E-state index >= 15 is 0 Å². The number of fused-ring (bicyclic) bond motifs is 1. The smallest absolute Gasteiger partial charge is 0.273 e. The number of carbonyl (C=O) groups excluding carboxylic acids is 1. The lowest BCUT2D eigenvalue weighted by atomic mass is 9.95. The van der Waals surface area contributed by atoms with E-state index in [9.17, 15) is 20.1 Å². The number of nitrogens with one attached hydrogen (secondary N) is 1. The number of aliphatic hydroxyl groups excluding tert-OH is 1. The van der Waals surface area contributed by atoms with Gasteiger partial charge in [0.25, 0.3) is 5.91 Å². The third kappa shape index (κ3) is 3.60. The number of aryl methyl sites for hydroxylation is 1. The lowest BCUT2D eigenvalue weighted by molar-refractivity contribution is 0.0732. The van der Waals surface area contributed by atoms with Crippen LogP contribution in [0.25, 0.3) is 11.3 Å². The summed E-state index contributed by atoms with van der Waals surface area (Å²) in [5, 5.41) is 37.8. The Bertz CT molecular complexity index is 1210. The highest BCUT2D eigenvalue weighted by Gasteiger charge is 2.42. The third-order valence-electron chi connectivity index (χ3n) is 5.54. The number of aromatic amines is 1. The van der Waals surface area contributed by atoms with E-state index in [1.807, 2.05) is 0 Å². The number of halogens is 2. The van der Waals surface area contributed by atoms with Gasteiger partial charge in [0.2, 0.25) is 0 Å². The van der Waals surface area contributed by atoms with Crippen molar-refractivity contribution in [3.63, 3.8) is 0 Å². The summed E-state index contributed by atoms with van der Waals surface area (Å²) in [5.74, 6) is -0.106. The van der Waals surface area contributed by atoms with Gasteiger partial charge >= 0.3 is 0 Å². The Kier molecular flexibility index (Phi) is 6.07. The van der Waals surface area contributed by atoms with Crippen molar-refractivity contribution in [1.29, 1.82) is 0 Å². The zero-order chi connectivity index (χ0) is 23.2. The summed E-state index contributed by atoms with van der Waals surface area (Å²) in [6.45, 7) is 2.00. The predicted octanol–water partition coefficient (Wildman–Crippen LogP) is 4.15. The van der Waals surface area contributed by atoms with Crippen LogP contribution in [0.3, 0.4) is 0 Å². The molecule has 32 heavy (non-hydrogen) atoms. The first kappa shape index (κ1) is 22.4. The summed E-state index contributed by atoms with van der Waals surface area (Å²) in [6, 6.07) is 5.93. The zero-order valence-corrected chi connectivity index (χ0v) is 19.7. The molecule has 1 aromatic heterocycles. The fourth-order valence-electron chi connectivity index (χ4n) is 3.98. The van der Waals surface area contributed by atoms with E-state index in [1.54, 1.807) is 36.1 Å². The van der Waals surface area contributed by atoms with Crippen molar-refractivity contribution in [2.24, 2.45) is 0 Å². The highest BCUT2D eigenvalue weighted by atomic mass is 79.9. The average Bonchev–Trinajstić information content (AvgIpc) is 3.30. The van der Waals surface area contributed by atoms with E-state index < -0.39 is 6.04 Å². The zero-order valence-electron chi connectivity index (χ0n) is 17.3. The van der Waals surface area contributed by atoms with Gasteiger partial charge in [-0.3, -0.25) is 9.89 Å². The average molecular weight is 523 g/mol. The summed E-state index contributed by atoms with van der Waals surface area (Å²) >= 11 is 9.65. The van der Waals surface area contributed by atoms with Gasteiger partial charge in [0.1, 0.15) is 17.1 Å². The fraction of sp³-hybridized carbons (Fsp3) is 0.273. The topological polar surface area (TPSA) is 119 Å². The molecule has 1 atom stereocenters. The molecule has 10 heteroatoms. The number of amides is 1. The number of phenolic OH excluding ortho intramolecular Hbond substituents is 2. The van der Waals surface area contributed by atoms with E-state index in [0.717, 1.165) is 0 Å². The van der Waals surface area contributed by atoms with Crippen LogP contribution in [0.4, 0.5) is 0 Å². The number of aliphatic hydroxyl groups is 1. The van der Waals surface area contributed by atoms with E-state index in [2.05, 4.69) is 26.1 Å². The SMILES string of the molecule is COc1cc([C@H]2c3c(-c4cc(Cl)c(C)cc4O)n[nH]c3C(=O)N2CCCO)cc(Br)c1O. The summed E-state index contributed by atoms with van der Waals surface area (Å²) in [4.78, 5) is 14.9.